The SMILES string of the molecule is CC(C)c1nc2c3c(ccc2[nH]1)-c1ccc(-c2ccc4c(c2)c2ccncc2c2nc(C(C)C)[nH]c42)cc1CC3. The van der Waals surface area contributed by atoms with E-state index in [1.165, 1.54) is 49.5 Å². The fourth-order valence-corrected chi connectivity index (χ4v) is 6.47. The Kier molecular flexibility index (Phi) is 4.96. The maximum absolute atomic E-state index is 4.98. The minimum atomic E-state index is 0.329. The van der Waals surface area contributed by atoms with Crippen molar-refractivity contribution in [2.45, 2.75) is 52.4 Å². The van der Waals surface area contributed by atoms with E-state index in [1.807, 2.05) is 12.4 Å². The van der Waals surface area contributed by atoms with Crippen LogP contribution in [-0.2, 0) is 12.8 Å². The van der Waals surface area contributed by atoms with Crippen LogP contribution >= 0.6 is 0 Å². The predicted octanol–water partition coefficient (Wildman–Crippen LogP) is 8.82. The Morgan fingerprint density at radius 3 is 2.25 bits per heavy atom. The summed E-state index contributed by atoms with van der Waals surface area (Å²) in [7, 11) is 0. The molecule has 3 aromatic heterocycles. The van der Waals surface area contributed by atoms with E-state index in [4.69, 9.17) is 9.97 Å². The largest absolute Gasteiger partial charge is 0.342 e. The summed E-state index contributed by atoms with van der Waals surface area (Å²) in [6.07, 6.45) is 5.86. The van der Waals surface area contributed by atoms with Gasteiger partial charge in [0, 0.05) is 35.0 Å². The third kappa shape index (κ3) is 3.37. The Balaban J connectivity index is 1.27. The van der Waals surface area contributed by atoms with Gasteiger partial charge in [-0.1, -0.05) is 64.1 Å². The van der Waals surface area contributed by atoms with Gasteiger partial charge in [0.2, 0.25) is 0 Å². The Morgan fingerprint density at radius 2 is 1.40 bits per heavy atom. The second-order valence-electron chi connectivity index (χ2n) is 11.8. The molecule has 1 aliphatic rings. The predicted molar refractivity (Wildman–Crippen MR) is 165 cm³/mol. The van der Waals surface area contributed by atoms with E-state index < -0.39 is 0 Å². The van der Waals surface area contributed by atoms with Crippen molar-refractivity contribution in [1.29, 1.82) is 0 Å². The molecule has 7 aromatic rings. The van der Waals surface area contributed by atoms with Crippen molar-refractivity contribution in [1.82, 2.24) is 24.9 Å². The summed E-state index contributed by atoms with van der Waals surface area (Å²) in [6, 6.07) is 20.4. The first-order valence-electron chi connectivity index (χ1n) is 14.3. The lowest BCUT2D eigenvalue weighted by atomic mass is 9.83. The quantitative estimate of drug-likeness (QED) is 0.228. The molecule has 1 aliphatic carbocycles. The molecule has 0 atom stereocenters. The molecule has 5 heteroatoms. The lowest BCUT2D eigenvalue weighted by molar-refractivity contribution is 0.798. The van der Waals surface area contributed by atoms with Gasteiger partial charge in [-0.15, -0.1) is 0 Å². The van der Waals surface area contributed by atoms with Gasteiger partial charge in [0.1, 0.15) is 11.6 Å². The molecule has 8 rings (SSSR count). The number of aryl methyl sites for hydroxylation is 2. The van der Waals surface area contributed by atoms with Crippen LogP contribution in [0.2, 0.25) is 0 Å². The number of aromatic amines is 2. The maximum atomic E-state index is 4.98. The molecule has 4 aromatic carbocycles. The number of benzene rings is 4. The van der Waals surface area contributed by atoms with Crippen LogP contribution in [0, 0.1) is 0 Å². The van der Waals surface area contributed by atoms with Crippen LogP contribution in [0.4, 0.5) is 0 Å². The third-order valence-electron chi connectivity index (χ3n) is 8.62. The van der Waals surface area contributed by atoms with Crippen LogP contribution in [0.3, 0.4) is 0 Å². The molecule has 3 heterocycles. The molecule has 196 valence electrons. The molecule has 0 saturated carbocycles. The number of aromatic nitrogens is 5. The van der Waals surface area contributed by atoms with Crippen LogP contribution < -0.4 is 0 Å². The van der Waals surface area contributed by atoms with Crippen molar-refractivity contribution in [3.63, 3.8) is 0 Å². The molecule has 40 heavy (non-hydrogen) atoms. The molecule has 2 N–H and O–H groups in total. The zero-order chi connectivity index (χ0) is 27.1. The number of nitrogens with one attached hydrogen (secondary N) is 2. The normalized spacial score (nSPS) is 13.2. The summed E-state index contributed by atoms with van der Waals surface area (Å²) in [5.74, 6) is 2.80. The highest BCUT2D eigenvalue weighted by atomic mass is 14.9. The number of hydrogen-bond donors (Lipinski definition) is 2. The molecular formula is C35H31N5. The van der Waals surface area contributed by atoms with Gasteiger partial charge in [0.15, 0.2) is 0 Å². The molecule has 0 aliphatic heterocycles. The first-order valence-corrected chi connectivity index (χ1v) is 14.3. The monoisotopic (exact) mass is 521 g/mol. The van der Waals surface area contributed by atoms with Gasteiger partial charge in [0.25, 0.3) is 0 Å². The number of pyridine rings is 1. The molecule has 0 fully saturated rings. The smallest absolute Gasteiger partial charge is 0.109 e. The minimum absolute atomic E-state index is 0.329. The molecule has 0 saturated heterocycles. The van der Waals surface area contributed by atoms with Crippen LogP contribution in [0.15, 0.2) is 67.0 Å². The van der Waals surface area contributed by atoms with E-state index >= 15 is 0 Å². The van der Waals surface area contributed by atoms with Crippen LogP contribution in [-0.4, -0.2) is 24.9 Å². The molecule has 5 nitrogen and oxygen atoms in total. The molecule has 0 unspecified atom stereocenters. The first-order chi connectivity index (χ1) is 19.5. The van der Waals surface area contributed by atoms with Crippen molar-refractivity contribution in [2.75, 3.05) is 0 Å². The fourth-order valence-electron chi connectivity index (χ4n) is 6.47. The summed E-state index contributed by atoms with van der Waals surface area (Å²) in [5, 5.41) is 4.72. The Labute approximate surface area is 232 Å². The lowest BCUT2D eigenvalue weighted by Crippen LogP contribution is -2.05. The summed E-state index contributed by atoms with van der Waals surface area (Å²) in [6.45, 7) is 8.72. The summed E-state index contributed by atoms with van der Waals surface area (Å²) in [5.41, 5.74) is 12.3. The zero-order valence-corrected chi connectivity index (χ0v) is 23.3. The van der Waals surface area contributed by atoms with Crippen molar-refractivity contribution < 1.29 is 0 Å². The van der Waals surface area contributed by atoms with Gasteiger partial charge in [-0.3, -0.25) is 4.98 Å². The number of imidazole rings is 2. The lowest BCUT2D eigenvalue weighted by Gasteiger charge is -2.21. The van der Waals surface area contributed by atoms with E-state index in [-0.39, 0.29) is 0 Å². The highest BCUT2D eigenvalue weighted by molar-refractivity contribution is 6.23. The van der Waals surface area contributed by atoms with Crippen molar-refractivity contribution in [2.24, 2.45) is 0 Å². The van der Waals surface area contributed by atoms with Gasteiger partial charge in [-0.05, 0) is 75.2 Å². The second kappa shape index (κ2) is 8.49. The topological polar surface area (TPSA) is 70.2 Å². The molecule has 0 radical (unpaired) electrons. The van der Waals surface area contributed by atoms with Crippen LogP contribution in [0.1, 0.15) is 62.3 Å². The van der Waals surface area contributed by atoms with Crippen molar-refractivity contribution in [3.05, 3.63) is 89.8 Å². The number of rotatable bonds is 3. The number of hydrogen-bond acceptors (Lipinski definition) is 3. The Hall–Kier alpha value is -4.51. The van der Waals surface area contributed by atoms with Gasteiger partial charge in [-0.25, -0.2) is 9.97 Å². The molecule has 0 amide bonds. The number of H-pyrrole nitrogens is 2. The minimum Gasteiger partial charge on any atom is -0.342 e. The molecular weight excluding hydrogens is 490 g/mol. The van der Waals surface area contributed by atoms with Gasteiger partial charge < -0.3 is 9.97 Å². The highest BCUT2D eigenvalue weighted by Gasteiger charge is 2.22. The van der Waals surface area contributed by atoms with Crippen molar-refractivity contribution in [3.8, 4) is 22.3 Å². The Morgan fingerprint density at radius 1 is 0.650 bits per heavy atom. The van der Waals surface area contributed by atoms with Gasteiger partial charge in [-0.2, -0.15) is 0 Å². The van der Waals surface area contributed by atoms with E-state index in [0.717, 1.165) is 51.9 Å². The highest BCUT2D eigenvalue weighted by Crippen LogP contribution is 2.41. The number of nitrogens with zero attached hydrogens (tertiary/aromatic N) is 3. The maximum Gasteiger partial charge on any atom is 0.109 e. The second-order valence-corrected chi connectivity index (χ2v) is 11.8. The first kappa shape index (κ1) is 23.4. The Bertz CT molecular complexity index is 2130. The van der Waals surface area contributed by atoms with Crippen molar-refractivity contribution >= 4 is 43.6 Å². The van der Waals surface area contributed by atoms with E-state index in [1.54, 1.807) is 0 Å². The fraction of sp³-hybridized carbons (Fsp3) is 0.229. The van der Waals surface area contributed by atoms with E-state index in [0.29, 0.717) is 11.8 Å². The standard InChI is InChI=1S/C35H31N5/c1-18(2)34-37-30-12-11-24-23-8-5-20(15-22(23)7-10-26(24)31(30)38-34)21-6-9-27-28(16-21)25-13-14-36-17-29(25)33-32(27)39-35(40-33)19(3)4/h5-6,8-9,11-19H,7,10H2,1-4H3,(H,37,38)(H,39,40). The average Bonchev–Trinajstić information content (AvgIpc) is 3.63. The van der Waals surface area contributed by atoms with Gasteiger partial charge >= 0.3 is 0 Å². The molecule has 0 spiro atoms. The van der Waals surface area contributed by atoms with Crippen LogP contribution in [0.5, 0.6) is 0 Å². The summed E-state index contributed by atoms with van der Waals surface area (Å²) >= 11 is 0. The summed E-state index contributed by atoms with van der Waals surface area (Å²) in [4.78, 5) is 21.5. The zero-order valence-electron chi connectivity index (χ0n) is 23.3. The van der Waals surface area contributed by atoms with Crippen LogP contribution in [0.25, 0.3) is 65.9 Å². The van der Waals surface area contributed by atoms with Gasteiger partial charge in [0.05, 0.1) is 22.1 Å². The molecule has 0 bridgehead atoms. The number of fused-ring (bicyclic) bond motifs is 11. The third-order valence-corrected chi connectivity index (χ3v) is 8.62. The van der Waals surface area contributed by atoms with E-state index in [9.17, 15) is 0 Å². The van der Waals surface area contributed by atoms with E-state index in [2.05, 4.69) is 97.2 Å². The average molecular weight is 522 g/mol. The summed E-state index contributed by atoms with van der Waals surface area (Å²) < 4.78 is 0.